The Bertz CT molecular complexity index is 887. The van der Waals surface area contributed by atoms with E-state index in [0.29, 0.717) is 37.7 Å². The van der Waals surface area contributed by atoms with Gasteiger partial charge in [0.25, 0.3) is 0 Å². The number of fused-ring (bicyclic) bond motifs is 1. The van der Waals surface area contributed by atoms with Gasteiger partial charge in [-0.2, -0.15) is 4.52 Å². The molecule has 128 valence electrons. The summed E-state index contributed by atoms with van der Waals surface area (Å²) < 4.78 is 6.54. The molecule has 0 spiro atoms. The number of carbonyl (C=O) groups is 1. The maximum Gasteiger partial charge on any atom is 0.409 e. The maximum atomic E-state index is 11.6. The molecule has 4 rings (SSSR count). The third-order valence-electron chi connectivity index (χ3n) is 4.32. The van der Waals surface area contributed by atoms with Crippen LogP contribution in [-0.4, -0.2) is 64.1 Å². The van der Waals surface area contributed by atoms with Crippen LogP contribution in [0.5, 0.6) is 0 Å². The second-order valence-electron chi connectivity index (χ2n) is 5.80. The van der Waals surface area contributed by atoms with E-state index in [9.17, 15) is 4.79 Å². The van der Waals surface area contributed by atoms with Gasteiger partial charge in [0.1, 0.15) is 5.82 Å². The van der Waals surface area contributed by atoms with Crippen LogP contribution < -0.4 is 4.90 Å². The molecule has 0 bridgehead atoms. The average Bonchev–Trinajstić information content (AvgIpc) is 3.11. The highest BCUT2D eigenvalue weighted by Gasteiger charge is 2.23. The van der Waals surface area contributed by atoms with E-state index in [4.69, 9.17) is 9.84 Å². The second-order valence-corrected chi connectivity index (χ2v) is 5.80. The van der Waals surface area contributed by atoms with Crippen molar-refractivity contribution in [1.82, 2.24) is 24.7 Å². The van der Waals surface area contributed by atoms with Gasteiger partial charge in [0.2, 0.25) is 0 Å². The molecule has 1 saturated heterocycles. The lowest BCUT2D eigenvalue weighted by Gasteiger charge is -2.34. The fraction of sp³-hybridized carbons (Fsp3) is 0.294. The highest BCUT2D eigenvalue weighted by Crippen LogP contribution is 2.20. The summed E-state index contributed by atoms with van der Waals surface area (Å²) >= 11 is 0. The molecule has 0 atom stereocenters. The van der Waals surface area contributed by atoms with Gasteiger partial charge in [-0.15, -0.1) is 15.3 Å². The van der Waals surface area contributed by atoms with Crippen LogP contribution in [0.1, 0.15) is 0 Å². The Labute approximate surface area is 144 Å². The van der Waals surface area contributed by atoms with Crippen molar-refractivity contribution in [2.75, 3.05) is 38.2 Å². The standard InChI is InChI=1S/C17H18N6O2/c1-25-17(24)22-11-9-21(10-12-22)15-8-7-14-18-19-16(23(14)20-15)13-5-3-2-4-6-13/h2-8H,9-12H2,1H3. The Kier molecular flexibility index (Phi) is 3.93. The summed E-state index contributed by atoms with van der Waals surface area (Å²) in [6, 6.07) is 13.7. The molecule has 0 unspecified atom stereocenters. The largest absolute Gasteiger partial charge is 0.453 e. The van der Waals surface area contributed by atoms with E-state index in [0.717, 1.165) is 11.4 Å². The van der Waals surface area contributed by atoms with Crippen molar-refractivity contribution in [3.63, 3.8) is 0 Å². The lowest BCUT2D eigenvalue weighted by molar-refractivity contribution is 0.121. The number of piperazine rings is 1. The number of benzene rings is 1. The van der Waals surface area contributed by atoms with Gasteiger partial charge in [0.15, 0.2) is 11.5 Å². The monoisotopic (exact) mass is 338 g/mol. The highest BCUT2D eigenvalue weighted by molar-refractivity contribution is 5.68. The Morgan fingerprint density at radius 2 is 1.76 bits per heavy atom. The van der Waals surface area contributed by atoms with Crippen LogP contribution in [-0.2, 0) is 4.74 Å². The zero-order chi connectivity index (χ0) is 17.2. The number of ether oxygens (including phenoxy) is 1. The zero-order valence-corrected chi connectivity index (χ0v) is 13.9. The first kappa shape index (κ1) is 15.4. The van der Waals surface area contributed by atoms with E-state index in [-0.39, 0.29) is 6.09 Å². The molecular weight excluding hydrogens is 320 g/mol. The first-order chi connectivity index (χ1) is 12.3. The highest BCUT2D eigenvalue weighted by atomic mass is 16.5. The van der Waals surface area contributed by atoms with Gasteiger partial charge in [0.05, 0.1) is 7.11 Å². The zero-order valence-electron chi connectivity index (χ0n) is 13.9. The van der Waals surface area contributed by atoms with Crippen molar-refractivity contribution >= 4 is 17.6 Å². The smallest absolute Gasteiger partial charge is 0.409 e. The fourth-order valence-electron chi connectivity index (χ4n) is 2.96. The minimum atomic E-state index is -0.284. The molecular formula is C17H18N6O2. The lowest BCUT2D eigenvalue weighted by atomic mass is 10.2. The minimum Gasteiger partial charge on any atom is -0.453 e. The maximum absolute atomic E-state index is 11.6. The van der Waals surface area contributed by atoms with Crippen LogP contribution in [0.15, 0.2) is 42.5 Å². The molecule has 1 aromatic carbocycles. The number of methoxy groups -OCH3 is 1. The molecule has 1 aliphatic rings. The van der Waals surface area contributed by atoms with Crippen LogP contribution >= 0.6 is 0 Å². The number of anilines is 1. The average molecular weight is 338 g/mol. The SMILES string of the molecule is COC(=O)N1CCN(c2ccc3nnc(-c4ccccc4)n3n2)CC1. The summed E-state index contributed by atoms with van der Waals surface area (Å²) in [6.07, 6.45) is -0.284. The summed E-state index contributed by atoms with van der Waals surface area (Å²) in [7, 11) is 1.40. The van der Waals surface area contributed by atoms with Crippen LogP contribution in [0, 0.1) is 0 Å². The van der Waals surface area contributed by atoms with Crippen molar-refractivity contribution in [2.24, 2.45) is 0 Å². The van der Waals surface area contributed by atoms with Crippen molar-refractivity contribution in [1.29, 1.82) is 0 Å². The molecule has 25 heavy (non-hydrogen) atoms. The number of hydrogen-bond acceptors (Lipinski definition) is 6. The first-order valence-electron chi connectivity index (χ1n) is 8.12. The van der Waals surface area contributed by atoms with Gasteiger partial charge in [-0.25, -0.2) is 4.79 Å². The Morgan fingerprint density at radius 3 is 2.48 bits per heavy atom. The Morgan fingerprint density at radius 1 is 1.00 bits per heavy atom. The van der Waals surface area contributed by atoms with Crippen molar-refractivity contribution in [2.45, 2.75) is 0 Å². The quantitative estimate of drug-likeness (QED) is 0.708. The Balaban J connectivity index is 1.61. The van der Waals surface area contributed by atoms with E-state index in [1.54, 1.807) is 9.42 Å². The van der Waals surface area contributed by atoms with Gasteiger partial charge in [-0.05, 0) is 12.1 Å². The lowest BCUT2D eigenvalue weighted by Crippen LogP contribution is -2.49. The molecule has 1 amide bonds. The number of rotatable bonds is 2. The van der Waals surface area contributed by atoms with Gasteiger partial charge < -0.3 is 14.5 Å². The van der Waals surface area contributed by atoms with Gasteiger partial charge >= 0.3 is 6.09 Å². The topological polar surface area (TPSA) is 75.9 Å². The van der Waals surface area contributed by atoms with E-state index in [1.165, 1.54) is 7.11 Å². The summed E-state index contributed by atoms with van der Waals surface area (Å²) in [5.41, 5.74) is 1.67. The third kappa shape index (κ3) is 2.86. The molecule has 0 aliphatic carbocycles. The predicted octanol–water partition coefficient (Wildman–Crippen LogP) is 1.68. The summed E-state index contributed by atoms with van der Waals surface area (Å²) in [4.78, 5) is 15.4. The van der Waals surface area contributed by atoms with Crippen molar-refractivity contribution < 1.29 is 9.53 Å². The number of carbonyl (C=O) groups excluding carboxylic acids is 1. The number of hydrogen-bond donors (Lipinski definition) is 0. The van der Waals surface area contributed by atoms with Crippen LogP contribution in [0.2, 0.25) is 0 Å². The van der Waals surface area contributed by atoms with E-state index in [2.05, 4.69) is 15.1 Å². The molecule has 2 aromatic heterocycles. The van der Waals surface area contributed by atoms with E-state index < -0.39 is 0 Å². The van der Waals surface area contributed by atoms with Gasteiger partial charge in [-0.1, -0.05) is 30.3 Å². The second kappa shape index (κ2) is 6.39. The number of nitrogens with zero attached hydrogens (tertiary/aromatic N) is 6. The third-order valence-corrected chi connectivity index (χ3v) is 4.32. The number of aromatic nitrogens is 4. The van der Waals surface area contributed by atoms with E-state index >= 15 is 0 Å². The molecule has 0 saturated carbocycles. The summed E-state index contributed by atoms with van der Waals surface area (Å²) in [5, 5.41) is 13.2. The molecule has 0 radical (unpaired) electrons. The molecule has 3 aromatic rings. The molecule has 1 aliphatic heterocycles. The normalized spacial score (nSPS) is 14.8. The van der Waals surface area contributed by atoms with Gasteiger partial charge in [-0.3, -0.25) is 0 Å². The Hall–Kier alpha value is -3.16. The molecule has 8 nitrogen and oxygen atoms in total. The van der Waals surface area contributed by atoms with Crippen LogP contribution in [0.4, 0.5) is 10.6 Å². The van der Waals surface area contributed by atoms with Gasteiger partial charge in [0, 0.05) is 31.7 Å². The fourth-order valence-corrected chi connectivity index (χ4v) is 2.96. The molecule has 3 heterocycles. The van der Waals surface area contributed by atoms with Crippen molar-refractivity contribution in [3.8, 4) is 11.4 Å². The summed E-state index contributed by atoms with van der Waals surface area (Å²) in [5.74, 6) is 1.56. The molecule has 1 fully saturated rings. The molecule has 8 heteroatoms. The van der Waals surface area contributed by atoms with Crippen LogP contribution in [0.25, 0.3) is 17.0 Å². The molecule has 0 N–H and O–H groups in total. The minimum absolute atomic E-state index is 0.284. The first-order valence-corrected chi connectivity index (χ1v) is 8.12. The van der Waals surface area contributed by atoms with Crippen LogP contribution in [0.3, 0.4) is 0 Å². The predicted molar refractivity (Wildman–Crippen MR) is 92.4 cm³/mol. The number of amides is 1. The summed E-state index contributed by atoms with van der Waals surface area (Å²) in [6.45, 7) is 2.63. The van der Waals surface area contributed by atoms with Crippen molar-refractivity contribution in [3.05, 3.63) is 42.5 Å². The van der Waals surface area contributed by atoms with E-state index in [1.807, 2.05) is 42.5 Å².